The van der Waals surface area contributed by atoms with Gasteiger partial charge in [0, 0.05) is 0 Å². The molecule has 0 saturated heterocycles. The fraction of sp³-hybridized carbons (Fsp3) is 0.125. The van der Waals surface area contributed by atoms with Crippen LogP contribution >= 0.6 is 0 Å². The molecule has 1 heterocycles. The molecule has 0 aliphatic carbocycles. The molecule has 0 radical (unpaired) electrons. The summed E-state index contributed by atoms with van der Waals surface area (Å²) in [6.07, 6.45) is 3.83. The molecule has 3 heteroatoms. The molecule has 0 aromatic heterocycles. The van der Waals surface area contributed by atoms with Crippen molar-refractivity contribution in [1.29, 1.82) is 0 Å². The van der Waals surface area contributed by atoms with Crippen molar-refractivity contribution in [2.24, 2.45) is 0 Å². The highest BCUT2D eigenvalue weighted by molar-refractivity contribution is 5.51. The minimum absolute atomic E-state index is 0.0938. The normalized spacial score (nSPS) is 17.6. The van der Waals surface area contributed by atoms with Gasteiger partial charge in [0.1, 0.15) is 12.4 Å². The highest BCUT2D eigenvalue weighted by atomic mass is 16.6. The predicted octanol–water partition coefficient (Wildman–Crippen LogP) is 3.25. The van der Waals surface area contributed by atoms with Crippen molar-refractivity contribution in [2.45, 2.75) is 6.10 Å². The van der Waals surface area contributed by atoms with Crippen molar-refractivity contribution < 1.29 is 14.6 Å². The summed E-state index contributed by atoms with van der Waals surface area (Å²) in [5.41, 5.74) is 1.01. The quantitative estimate of drug-likeness (QED) is 0.894. The zero-order valence-electron chi connectivity index (χ0n) is 10.3. The maximum Gasteiger partial charge on any atom is 0.162 e. The van der Waals surface area contributed by atoms with Crippen LogP contribution in [0.15, 0.2) is 54.6 Å². The lowest BCUT2D eigenvalue weighted by Gasteiger charge is -2.24. The third-order valence-corrected chi connectivity index (χ3v) is 2.93. The molecule has 2 aromatic carbocycles. The number of hydrogen-bond acceptors (Lipinski definition) is 3. The monoisotopic (exact) mass is 254 g/mol. The number of hydrogen-bond donors (Lipinski definition) is 1. The van der Waals surface area contributed by atoms with Gasteiger partial charge in [-0.2, -0.15) is 0 Å². The van der Waals surface area contributed by atoms with Crippen LogP contribution in [0.4, 0.5) is 0 Å². The summed E-state index contributed by atoms with van der Waals surface area (Å²) in [6, 6.07) is 14.7. The summed E-state index contributed by atoms with van der Waals surface area (Å²) >= 11 is 0. The molecule has 0 spiro atoms. The summed E-state index contributed by atoms with van der Waals surface area (Å²) in [4.78, 5) is 0. The van der Waals surface area contributed by atoms with Crippen LogP contribution in [0, 0.1) is 0 Å². The van der Waals surface area contributed by atoms with E-state index in [1.54, 1.807) is 12.1 Å². The summed E-state index contributed by atoms with van der Waals surface area (Å²) < 4.78 is 11.4. The van der Waals surface area contributed by atoms with E-state index >= 15 is 0 Å². The lowest BCUT2D eigenvalue weighted by molar-refractivity contribution is 0.123. The Morgan fingerprint density at radius 1 is 1.00 bits per heavy atom. The molecule has 1 aliphatic rings. The fourth-order valence-corrected chi connectivity index (χ4v) is 1.93. The Kier molecular flexibility index (Phi) is 3.11. The molecule has 1 aliphatic heterocycles. The van der Waals surface area contributed by atoms with E-state index < -0.39 is 0 Å². The van der Waals surface area contributed by atoms with Gasteiger partial charge >= 0.3 is 0 Å². The molecule has 2 aromatic rings. The van der Waals surface area contributed by atoms with Crippen LogP contribution in [-0.2, 0) is 0 Å². The van der Waals surface area contributed by atoms with Gasteiger partial charge in [0.15, 0.2) is 17.6 Å². The Labute approximate surface area is 111 Å². The first-order valence-electron chi connectivity index (χ1n) is 6.17. The number of fused-ring (bicyclic) bond motifs is 1. The maximum atomic E-state index is 9.21. The predicted molar refractivity (Wildman–Crippen MR) is 73.5 cm³/mol. The van der Waals surface area contributed by atoms with E-state index in [4.69, 9.17) is 9.47 Å². The summed E-state index contributed by atoms with van der Waals surface area (Å²) in [7, 11) is 0. The topological polar surface area (TPSA) is 38.7 Å². The SMILES string of the molecule is Oc1ccc(C=CC2COc3ccccc3O2)cc1. The number of rotatable bonds is 2. The number of benzene rings is 2. The van der Waals surface area contributed by atoms with Crippen molar-refractivity contribution in [2.75, 3.05) is 6.61 Å². The molecule has 3 rings (SSSR count). The fourth-order valence-electron chi connectivity index (χ4n) is 1.93. The third-order valence-electron chi connectivity index (χ3n) is 2.93. The molecule has 0 amide bonds. The van der Waals surface area contributed by atoms with Crippen molar-refractivity contribution in [3.8, 4) is 17.2 Å². The minimum atomic E-state index is -0.0938. The van der Waals surface area contributed by atoms with Crippen LogP contribution in [0.3, 0.4) is 0 Å². The second kappa shape index (κ2) is 5.06. The number of phenolic OH excluding ortho intramolecular Hbond substituents is 1. The minimum Gasteiger partial charge on any atom is -0.508 e. The first-order chi connectivity index (χ1) is 9.31. The second-order valence-electron chi connectivity index (χ2n) is 4.36. The smallest absolute Gasteiger partial charge is 0.162 e. The van der Waals surface area contributed by atoms with E-state index in [0.29, 0.717) is 6.61 Å². The molecule has 0 bridgehead atoms. The Morgan fingerprint density at radius 3 is 2.53 bits per heavy atom. The highest BCUT2D eigenvalue weighted by Crippen LogP contribution is 2.31. The van der Waals surface area contributed by atoms with Gasteiger partial charge in [0.05, 0.1) is 0 Å². The standard InChI is InChI=1S/C16H14O3/c17-13-8-5-12(6-9-13)7-10-14-11-18-15-3-1-2-4-16(15)19-14/h1-10,14,17H,11H2. The van der Waals surface area contributed by atoms with E-state index in [-0.39, 0.29) is 11.9 Å². The zero-order valence-corrected chi connectivity index (χ0v) is 10.3. The third kappa shape index (κ3) is 2.71. The molecule has 1 unspecified atom stereocenters. The maximum absolute atomic E-state index is 9.21. The van der Waals surface area contributed by atoms with Crippen LogP contribution in [-0.4, -0.2) is 17.8 Å². The van der Waals surface area contributed by atoms with Crippen LogP contribution in [0.2, 0.25) is 0 Å². The molecule has 0 fully saturated rings. The van der Waals surface area contributed by atoms with E-state index in [1.165, 1.54) is 0 Å². The summed E-state index contributed by atoms with van der Waals surface area (Å²) in [5.74, 6) is 1.83. The Bertz CT molecular complexity index is 587. The summed E-state index contributed by atoms with van der Waals surface area (Å²) in [5, 5.41) is 9.21. The molecular formula is C16H14O3. The Balaban J connectivity index is 1.70. The van der Waals surface area contributed by atoms with E-state index in [0.717, 1.165) is 17.1 Å². The van der Waals surface area contributed by atoms with E-state index in [9.17, 15) is 5.11 Å². The van der Waals surface area contributed by atoms with Crippen molar-refractivity contribution in [1.82, 2.24) is 0 Å². The van der Waals surface area contributed by atoms with Gasteiger partial charge in [-0.15, -0.1) is 0 Å². The van der Waals surface area contributed by atoms with Gasteiger partial charge in [-0.1, -0.05) is 30.3 Å². The van der Waals surface area contributed by atoms with Crippen molar-refractivity contribution in [3.63, 3.8) is 0 Å². The average Bonchev–Trinajstić information content (AvgIpc) is 2.46. The molecule has 1 N–H and O–H groups in total. The Morgan fingerprint density at radius 2 is 1.74 bits per heavy atom. The molecule has 1 atom stereocenters. The van der Waals surface area contributed by atoms with Gasteiger partial charge in [0.2, 0.25) is 0 Å². The van der Waals surface area contributed by atoms with Crippen LogP contribution in [0.1, 0.15) is 5.56 Å². The Hall–Kier alpha value is -2.42. The van der Waals surface area contributed by atoms with Gasteiger partial charge < -0.3 is 14.6 Å². The molecule has 96 valence electrons. The second-order valence-corrected chi connectivity index (χ2v) is 4.36. The average molecular weight is 254 g/mol. The largest absolute Gasteiger partial charge is 0.508 e. The van der Waals surface area contributed by atoms with E-state index in [2.05, 4.69) is 0 Å². The molecule has 3 nitrogen and oxygen atoms in total. The van der Waals surface area contributed by atoms with Crippen molar-refractivity contribution >= 4 is 6.08 Å². The number of para-hydroxylation sites is 2. The van der Waals surface area contributed by atoms with Crippen molar-refractivity contribution in [3.05, 3.63) is 60.2 Å². The molecule has 19 heavy (non-hydrogen) atoms. The van der Waals surface area contributed by atoms with Gasteiger partial charge in [-0.3, -0.25) is 0 Å². The lowest BCUT2D eigenvalue weighted by Crippen LogP contribution is -2.26. The summed E-state index contributed by atoms with van der Waals surface area (Å²) in [6.45, 7) is 0.506. The number of ether oxygens (including phenoxy) is 2. The van der Waals surface area contributed by atoms with E-state index in [1.807, 2.05) is 48.6 Å². The highest BCUT2D eigenvalue weighted by Gasteiger charge is 2.17. The van der Waals surface area contributed by atoms with Gasteiger partial charge in [-0.25, -0.2) is 0 Å². The van der Waals surface area contributed by atoms with Crippen LogP contribution in [0.25, 0.3) is 6.08 Å². The number of phenols is 1. The number of aromatic hydroxyl groups is 1. The molecule has 0 saturated carbocycles. The van der Waals surface area contributed by atoms with Crippen LogP contribution in [0.5, 0.6) is 17.2 Å². The first kappa shape index (κ1) is 11.7. The zero-order chi connectivity index (χ0) is 13.1. The molecular weight excluding hydrogens is 240 g/mol. The lowest BCUT2D eigenvalue weighted by atomic mass is 10.2. The van der Waals surface area contributed by atoms with Gasteiger partial charge in [-0.05, 0) is 35.9 Å². The first-order valence-corrected chi connectivity index (χ1v) is 6.17. The van der Waals surface area contributed by atoms with Gasteiger partial charge in [0.25, 0.3) is 0 Å². The van der Waals surface area contributed by atoms with Crippen LogP contribution < -0.4 is 9.47 Å².